The summed E-state index contributed by atoms with van der Waals surface area (Å²) in [6.45, 7) is 5.68. The SMILES string of the molecule is CCOc1ccccc1C(=O)c1cc(C)c(F)c(C)c1. The Hall–Kier alpha value is -2.16. The van der Waals surface area contributed by atoms with Crippen molar-refractivity contribution in [1.82, 2.24) is 0 Å². The van der Waals surface area contributed by atoms with Crippen molar-refractivity contribution < 1.29 is 13.9 Å². The fraction of sp³-hybridized carbons (Fsp3) is 0.235. The predicted octanol–water partition coefficient (Wildman–Crippen LogP) is 4.07. The van der Waals surface area contributed by atoms with Gasteiger partial charge >= 0.3 is 0 Å². The summed E-state index contributed by atoms with van der Waals surface area (Å²) in [7, 11) is 0. The number of para-hydroxylation sites is 1. The lowest BCUT2D eigenvalue weighted by atomic mass is 9.98. The van der Waals surface area contributed by atoms with E-state index in [1.807, 2.05) is 13.0 Å². The molecule has 0 bridgehead atoms. The van der Waals surface area contributed by atoms with Crippen LogP contribution in [0.4, 0.5) is 4.39 Å². The Labute approximate surface area is 118 Å². The van der Waals surface area contributed by atoms with Crippen molar-refractivity contribution in [3.8, 4) is 5.75 Å². The molecule has 2 nitrogen and oxygen atoms in total. The Kier molecular flexibility index (Phi) is 4.18. The summed E-state index contributed by atoms with van der Waals surface area (Å²) in [6, 6.07) is 10.3. The van der Waals surface area contributed by atoms with Gasteiger partial charge in [-0.25, -0.2) is 4.39 Å². The van der Waals surface area contributed by atoms with E-state index in [4.69, 9.17) is 4.74 Å². The predicted molar refractivity (Wildman–Crippen MR) is 76.9 cm³/mol. The molecular weight excluding hydrogens is 255 g/mol. The van der Waals surface area contributed by atoms with Crippen LogP contribution in [-0.4, -0.2) is 12.4 Å². The van der Waals surface area contributed by atoms with Gasteiger partial charge in [0.25, 0.3) is 0 Å². The molecule has 0 aliphatic carbocycles. The van der Waals surface area contributed by atoms with Crippen LogP contribution in [0.3, 0.4) is 0 Å². The molecule has 0 aromatic heterocycles. The maximum atomic E-state index is 13.6. The molecule has 0 spiro atoms. The molecule has 0 radical (unpaired) electrons. The van der Waals surface area contributed by atoms with Gasteiger partial charge in [0.15, 0.2) is 5.78 Å². The van der Waals surface area contributed by atoms with Gasteiger partial charge in [-0.3, -0.25) is 4.79 Å². The van der Waals surface area contributed by atoms with Gasteiger partial charge in [-0.15, -0.1) is 0 Å². The molecule has 0 N–H and O–H groups in total. The molecule has 2 aromatic rings. The zero-order valence-electron chi connectivity index (χ0n) is 11.9. The molecule has 0 atom stereocenters. The Morgan fingerprint density at radius 2 is 1.75 bits per heavy atom. The van der Waals surface area contributed by atoms with Crippen molar-refractivity contribution in [2.24, 2.45) is 0 Å². The monoisotopic (exact) mass is 272 g/mol. The van der Waals surface area contributed by atoms with Gasteiger partial charge in [-0.2, -0.15) is 0 Å². The van der Waals surface area contributed by atoms with Crippen LogP contribution in [0.2, 0.25) is 0 Å². The Bertz CT molecular complexity index is 624. The summed E-state index contributed by atoms with van der Waals surface area (Å²) in [6.07, 6.45) is 0. The third kappa shape index (κ3) is 2.72. The molecule has 2 aromatic carbocycles. The molecule has 3 heteroatoms. The van der Waals surface area contributed by atoms with Crippen molar-refractivity contribution >= 4 is 5.78 Å². The number of benzene rings is 2. The highest BCUT2D eigenvalue weighted by Gasteiger charge is 2.16. The third-order valence-electron chi connectivity index (χ3n) is 3.13. The number of halogens is 1. The highest BCUT2D eigenvalue weighted by molar-refractivity contribution is 6.10. The summed E-state index contributed by atoms with van der Waals surface area (Å²) in [5, 5.41) is 0. The fourth-order valence-electron chi connectivity index (χ4n) is 2.17. The van der Waals surface area contributed by atoms with Crippen molar-refractivity contribution in [2.75, 3.05) is 6.61 Å². The minimum absolute atomic E-state index is 0.153. The zero-order chi connectivity index (χ0) is 14.7. The summed E-state index contributed by atoms with van der Waals surface area (Å²) >= 11 is 0. The Morgan fingerprint density at radius 1 is 1.15 bits per heavy atom. The summed E-state index contributed by atoms with van der Waals surface area (Å²) in [4.78, 5) is 12.6. The minimum atomic E-state index is -0.264. The number of rotatable bonds is 4. The van der Waals surface area contributed by atoms with Crippen molar-refractivity contribution in [2.45, 2.75) is 20.8 Å². The lowest BCUT2D eigenvalue weighted by Crippen LogP contribution is -2.06. The van der Waals surface area contributed by atoms with Gasteiger partial charge in [0.2, 0.25) is 0 Å². The number of ketones is 1. The van der Waals surface area contributed by atoms with Crippen molar-refractivity contribution in [3.63, 3.8) is 0 Å². The first-order chi connectivity index (χ1) is 9.54. The molecule has 0 heterocycles. The van der Waals surface area contributed by atoms with Crippen LogP contribution in [0.5, 0.6) is 5.75 Å². The minimum Gasteiger partial charge on any atom is -0.493 e. The van der Waals surface area contributed by atoms with Crippen LogP contribution in [0.1, 0.15) is 34.0 Å². The second-order valence-corrected chi connectivity index (χ2v) is 4.68. The molecule has 0 amide bonds. The molecule has 0 aliphatic heterocycles. The zero-order valence-corrected chi connectivity index (χ0v) is 11.9. The quantitative estimate of drug-likeness (QED) is 0.784. The molecule has 104 valence electrons. The normalized spacial score (nSPS) is 10.4. The highest BCUT2D eigenvalue weighted by atomic mass is 19.1. The number of carbonyl (C=O) groups is 1. The van der Waals surface area contributed by atoms with Crippen LogP contribution >= 0.6 is 0 Å². The van der Waals surface area contributed by atoms with E-state index in [2.05, 4.69) is 0 Å². The van der Waals surface area contributed by atoms with Gasteiger partial charge in [-0.1, -0.05) is 12.1 Å². The number of aryl methyl sites for hydroxylation is 2. The van der Waals surface area contributed by atoms with Crippen LogP contribution in [0.25, 0.3) is 0 Å². The number of carbonyl (C=O) groups excluding carboxylic acids is 1. The molecule has 20 heavy (non-hydrogen) atoms. The lowest BCUT2D eigenvalue weighted by Gasteiger charge is -2.10. The van der Waals surface area contributed by atoms with Gasteiger partial charge in [0.05, 0.1) is 12.2 Å². The maximum absolute atomic E-state index is 13.6. The van der Waals surface area contributed by atoms with Crippen LogP contribution in [-0.2, 0) is 0 Å². The van der Waals surface area contributed by atoms with Crippen molar-refractivity contribution in [1.29, 1.82) is 0 Å². The summed E-state index contributed by atoms with van der Waals surface area (Å²) in [5.41, 5.74) is 1.93. The Morgan fingerprint density at radius 3 is 2.35 bits per heavy atom. The molecule has 0 saturated heterocycles. The van der Waals surface area contributed by atoms with Gasteiger partial charge in [0.1, 0.15) is 11.6 Å². The van der Waals surface area contributed by atoms with E-state index in [0.29, 0.717) is 34.6 Å². The average Bonchev–Trinajstić information content (AvgIpc) is 2.44. The number of hydrogen-bond acceptors (Lipinski definition) is 2. The molecule has 0 aliphatic rings. The first-order valence-corrected chi connectivity index (χ1v) is 6.58. The second-order valence-electron chi connectivity index (χ2n) is 4.68. The number of ether oxygens (including phenoxy) is 1. The molecular formula is C17H17FO2. The van der Waals surface area contributed by atoms with Gasteiger partial charge in [0, 0.05) is 5.56 Å². The summed E-state index contributed by atoms with van der Waals surface area (Å²) in [5.74, 6) is 0.138. The molecule has 0 fully saturated rings. The number of hydrogen-bond donors (Lipinski definition) is 0. The molecule has 0 saturated carbocycles. The Balaban J connectivity index is 2.46. The third-order valence-corrected chi connectivity index (χ3v) is 3.13. The largest absolute Gasteiger partial charge is 0.493 e. The molecule has 0 unspecified atom stereocenters. The second kappa shape index (κ2) is 5.87. The standard InChI is InChI=1S/C17H17FO2/c1-4-20-15-8-6-5-7-14(15)17(19)13-9-11(2)16(18)12(3)10-13/h5-10H,4H2,1-3H3. The van der Waals surface area contributed by atoms with E-state index >= 15 is 0 Å². The first-order valence-electron chi connectivity index (χ1n) is 6.58. The molecule has 2 rings (SSSR count). The van der Waals surface area contributed by atoms with E-state index in [1.165, 1.54) is 0 Å². The van der Waals surface area contributed by atoms with Crippen LogP contribution in [0.15, 0.2) is 36.4 Å². The van der Waals surface area contributed by atoms with Gasteiger partial charge in [-0.05, 0) is 56.2 Å². The highest BCUT2D eigenvalue weighted by Crippen LogP contribution is 2.23. The van der Waals surface area contributed by atoms with Crippen molar-refractivity contribution in [3.05, 3.63) is 64.5 Å². The smallest absolute Gasteiger partial charge is 0.196 e. The fourth-order valence-corrected chi connectivity index (χ4v) is 2.17. The first kappa shape index (κ1) is 14.3. The van der Waals surface area contributed by atoms with E-state index in [0.717, 1.165) is 0 Å². The topological polar surface area (TPSA) is 26.3 Å². The van der Waals surface area contributed by atoms with E-state index < -0.39 is 0 Å². The van der Waals surface area contributed by atoms with E-state index in [9.17, 15) is 9.18 Å². The van der Waals surface area contributed by atoms with Crippen LogP contribution < -0.4 is 4.74 Å². The summed E-state index contributed by atoms with van der Waals surface area (Å²) < 4.78 is 19.1. The maximum Gasteiger partial charge on any atom is 0.196 e. The van der Waals surface area contributed by atoms with Crippen LogP contribution in [0, 0.1) is 19.7 Å². The average molecular weight is 272 g/mol. The van der Waals surface area contributed by atoms with Gasteiger partial charge < -0.3 is 4.74 Å². The lowest BCUT2D eigenvalue weighted by molar-refractivity contribution is 0.103. The van der Waals surface area contributed by atoms with E-state index in [-0.39, 0.29) is 11.6 Å². The van der Waals surface area contributed by atoms with E-state index in [1.54, 1.807) is 44.2 Å².